The Morgan fingerprint density at radius 2 is 2.24 bits per heavy atom. The predicted molar refractivity (Wildman–Crippen MR) is 118 cm³/mol. The average Bonchev–Trinajstić information content (AvgIpc) is 3.27. The molecule has 0 unspecified atom stereocenters. The van der Waals surface area contributed by atoms with E-state index in [9.17, 15) is 0 Å². The van der Waals surface area contributed by atoms with E-state index < -0.39 is 0 Å². The first-order chi connectivity index (χ1) is 11.8. The molecule has 2 rings (SSSR count). The SMILES string of the molecule is C=CCCCN(C)C(=NCCc1cccs1)NCCc1ccco1.I. The van der Waals surface area contributed by atoms with Crippen LogP contribution in [0.2, 0.25) is 0 Å². The van der Waals surface area contributed by atoms with Crippen LogP contribution in [0.15, 0.2) is 58.0 Å². The molecule has 0 aliphatic heterocycles. The lowest BCUT2D eigenvalue weighted by atomic mass is 10.3. The maximum Gasteiger partial charge on any atom is 0.193 e. The summed E-state index contributed by atoms with van der Waals surface area (Å²) in [7, 11) is 2.09. The molecule has 2 heterocycles. The lowest BCUT2D eigenvalue weighted by Gasteiger charge is -2.22. The molecule has 0 spiro atoms. The van der Waals surface area contributed by atoms with Gasteiger partial charge in [-0.05, 0) is 36.4 Å². The number of hydrogen-bond acceptors (Lipinski definition) is 3. The van der Waals surface area contributed by atoms with Crippen LogP contribution in [0.1, 0.15) is 23.5 Å². The topological polar surface area (TPSA) is 40.8 Å². The second-order valence-corrected chi connectivity index (χ2v) is 6.68. The van der Waals surface area contributed by atoms with Gasteiger partial charge in [-0.1, -0.05) is 12.1 Å². The zero-order valence-corrected chi connectivity index (χ0v) is 18.0. The quantitative estimate of drug-likeness (QED) is 0.181. The molecule has 0 fully saturated rings. The summed E-state index contributed by atoms with van der Waals surface area (Å²) in [5.41, 5.74) is 0. The van der Waals surface area contributed by atoms with E-state index in [1.165, 1.54) is 4.88 Å². The first kappa shape index (κ1) is 21.8. The molecule has 0 aromatic carbocycles. The molecular formula is C19H28IN3OS. The number of nitrogens with one attached hydrogen (secondary N) is 1. The highest BCUT2D eigenvalue weighted by molar-refractivity contribution is 14.0. The van der Waals surface area contributed by atoms with Crippen molar-refractivity contribution in [3.63, 3.8) is 0 Å². The van der Waals surface area contributed by atoms with Crippen LogP contribution in [0.4, 0.5) is 0 Å². The Morgan fingerprint density at radius 3 is 2.92 bits per heavy atom. The minimum Gasteiger partial charge on any atom is -0.469 e. The van der Waals surface area contributed by atoms with E-state index in [0.717, 1.165) is 57.0 Å². The van der Waals surface area contributed by atoms with E-state index in [1.54, 1.807) is 17.6 Å². The summed E-state index contributed by atoms with van der Waals surface area (Å²) in [6.45, 7) is 6.37. The van der Waals surface area contributed by atoms with Crippen LogP contribution in [0.5, 0.6) is 0 Å². The second kappa shape index (κ2) is 13.0. The van der Waals surface area contributed by atoms with Crippen LogP contribution < -0.4 is 5.32 Å². The number of nitrogens with zero attached hydrogens (tertiary/aromatic N) is 2. The fourth-order valence-corrected chi connectivity index (χ4v) is 3.07. The van der Waals surface area contributed by atoms with Gasteiger partial charge in [0.1, 0.15) is 5.76 Å². The van der Waals surface area contributed by atoms with Gasteiger partial charge in [0.25, 0.3) is 0 Å². The highest BCUT2D eigenvalue weighted by Crippen LogP contribution is 2.09. The lowest BCUT2D eigenvalue weighted by Crippen LogP contribution is -2.40. The van der Waals surface area contributed by atoms with E-state index >= 15 is 0 Å². The van der Waals surface area contributed by atoms with Gasteiger partial charge in [0, 0.05) is 44.4 Å². The van der Waals surface area contributed by atoms with Crippen LogP contribution in [-0.2, 0) is 12.8 Å². The summed E-state index contributed by atoms with van der Waals surface area (Å²) in [6.07, 6.45) is 7.64. The Labute approximate surface area is 172 Å². The molecule has 0 aliphatic rings. The first-order valence-corrected chi connectivity index (χ1v) is 9.32. The molecule has 138 valence electrons. The summed E-state index contributed by atoms with van der Waals surface area (Å²) >= 11 is 1.79. The van der Waals surface area contributed by atoms with Crippen molar-refractivity contribution in [2.24, 2.45) is 4.99 Å². The molecule has 0 aliphatic carbocycles. The maximum atomic E-state index is 5.38. The third-order valence-corrected chi connectivity index (χ3v) is 4.63. The summed E-state index contributed by atoms with van der Waals surface area (Å²) in [5.74, 6) is 1.96. The molecule has 0 atom stereocenters. The van der Waals surface area contributed by atoms with Gasteiger partial charge in [-0.25, -0.2) is 0 Å². The Kier molecular flexibility index (Phi) is 11.3. The third kappa shape index (κ3) is 8.58. The summed E-state index contributed by atoms with van der Waals surface area (Å²) < 4.78 is 5.38. The van der Waals surface area contributed by atoms with Gasteiger partial charge in [0.2, 0.25) is 0 Å². The number of hydrogen-bond donors (Lipinski definition) is 1. The Balaban J connectivity index is 0.00000312. The molecular weight excluding hydrogens is 445 g/mol. The van der Waals surface area contributed by atoms with Gasteiger partial charge in [0.15, 0.2) is 5.96 Å². The Hall–Kier alpha value is -1.28. The Bertz CT molecular complexity index is 596. The number of aliphatic imine (C=N–C) groups is 1. The normalized spacial score (nSPS) is 11.0. The van der Waals surface area contributed by atoms with Gasteiger partial charge in [-0.2, -0.15) is 0 Å². The second-order valence-electron chi connectivity index (χ2n) is 5.64. The lowest BCUT2D eigenvalue weighted by molar-refractivity contribution is 0.463. The molecule has 0 radical (unpaired) electrons. The van der Waals surface area contributed by atoms with Crippen LogP contribution in [-0.4, -0.2) is 37.5 Å². The van der Waals surface area contributed by atoms with Crippen molar-refractivity contribution < 1.29 is 4.42 Å². The average molecular weight is 473 g/mol. The number of furan rings is 1. The molecule has 0 amide bonds. The monoisotopic (exact) mass is 473 g/mol. The smallest absolute Gasteiger partial charge is 0.193 e. The van der Waals surface area contributed by atoms with Crippen LogP contribution in [0.3, 0.4) is 0 Å². The molecule has 0 bridgehead atoms. The van der Waals surface area contributed by atoms with E-state index in [2.05, 4.69) is 41.4 Å². The number of thiophene rings is 1. The predicted octanol–water partition coefficient (Wildman–Crippen LogP) is 4.59. The van der Waals surface area contributed by atoms with E-state index in [4.69, 9.17) is 9.41 Å². The van der Waals surface area contributed by atoms with Crippen molar-refractivity contribution in [1.82, 2.24) is 10.2 Å². The molecule has 6 heteroatoms. The zero-order chi connectivity index (χ0) is 17.0. The minimum atomic E-state index is 0. The van der Waals surface area contributed by atoms with Crippen molar-refractivity contribution in [2.45, 2.75) is 25.7 Å². The van der Waals surface area contributed by atoms with Crippen molar-refractivity contribution in [3.8, 4) is 0 Å². The van der Waals surface area contributed by atoms with E-state index in [1.807, 2.05) is 18.2 Å². The Morgan fingerprint density at radius 1 is 1.36 bits per heavy atom. The van der Waals surface area contributed by atoms with Crippen LogP contribution in [0.25, 0.3) is 0 Å². The number of allylic oxidation sites excluding steroid dienone is 1. The summed E-state index contributed by atoms with van der Waals surface area (Å²) in [5, 5.41) is 5.57. The molecule has 0 saturated carbocycles. The van der Waals surface area contributed by atoms with E-state index in [-0.39, 0.29) is 24.0 Å². The number of rotatable bonds is 10. The molecule has 2 aromatic heterocycles. The maximum absolute atomic E-state index is 5.38. The van der Waals surface area contributed by atoms with Crippen LogP contribution >= 0.6 is 35.3 Å². The van der Waals surface area contributed by atoms with Crippen molar-refractivity contribution >= 4 is 41.3 Å². The molecule has 4 nitrogen and oxygen atoms in total. The summed E-state index contributed by atoms with van der Waals surface area (Å²) in [4.78, 5) is 8.35. The highest BCUT2D eigenvalue weighted by Gasteiger charge is 2.06. The first-order valence-electron chi connectivity index (χ1n) is 8.44. The van der Waals surface area contributed by atoms with Crippen molar-refractivity contribution in [2.75, 3.05) is 26.7 Å². The molecule has 2 aromatic rings. The van der Waals surface area contributed by atoms with Gasteiger partial charge in [0.05, 0.1) is 6.26 Å². The zero-order valence-electron chi connectivity index (χ0n) is 14.8. The van der Waals surface area contributed by atoms with Crippen LogP contribution in [0, 0.1) is 0 Å². The highest BCUT2D eigenvalue weighted by atomic mass is 127. The largest absolute Gasteiger partial charge is 0.469 e. The fraction of sp³-hybridized carbons (Fsp3) is 0.421. The van der Waals surface area contributed by atoms with Gasteiger partial charge in [-0.3, -0.25) is 4.99 Å². The third-order valence-electron chi connectivity index (χ3n) is 3.70. The van der Waals surface area contributed by atoms with Crippen molar-refractivity contribution in [3.05, 3.63) is 59.2 Å². The van der Waals surface area contributed by atoms with Gasteiger partial charge in [-0.15, -0.1) is 41.9 Å². The van der Waals surface area contributed by atoms with Gasteiger partial charge >= 0.3 is 0 Å². The number of unbranched alkanes of at least 4 members (excludes halogenated alkanes) is 1. The van der Waals surface area contributed by atoms with E-state index in [0.29, 0.717) is 0 Å². The van der Waals surface area contributed by atoms with Crippen molar-refractivity contribution in [1.29, 1.82) is 0 Å². The minimum absolute atomic E-state index is 0. The molecule has 1 N–H and O–H groups in total. The standard InChI is InChI=1S/C19H27N3OS.HI/c1-3-4-5-14-22(2)19(20-12-10-17-8-6-15-23-17)21-13-11-18-9-7-16-24-18;/h3,6-9,15-16H,1,4-5,10-14H2,2H3,(H,20,21);1H. The number of guanidine groups is 1. The molecule has 25 heavy (non-hydrogen) atoms. The molecule has 0 saturated heterocycles. The number of halogens is 1. The summed E-state index contributed by atoms with van der Waals surface area (Å²) in [6, 6.07) is 8.18. The fourth-order valence-electron chi connectivity index (χ4n) is 2.37. The van der Waals surface area contributed by atoms with Gasteiger partial charge < -0.3 is 14.6 Å².